The smallest absolute Gasteiger partial charge is 0.264 e. The molecule has 2 unspecified atom stereocenters. The van der Waals surface area contributed by atoms with Crippen molar-refractivity contribution in [1.29, 1.82) is 0 Å². The molecule has 0 aliphatic heterocycles. The van der Waals surface area contributed by atoms with Gasteiger partial charge in [-0.05, 0) is 85.1 Å². The summed E-state index contributed by atoms with van der Waals surface area (Å²) < 4.78 is 35.4. The Hall–Kier alpha value is -3.86. The Labute approximate surface area is 284 Å². The van der Waals surface area contributed by atoms with Gasteiger partial charge in [0.05, 0.1) is 17.7 Å². The van der Waals surface area contributed by atoms with Gasteiger partial charge in [0.1, 0.15) is 18.3 Å². The fourth-order valence-corrected chi connectivity index (χ4v) is 6.60. The molecule has 0 spiro atoms. The van der Waals surface area contributed by atoms with Crippen molar-refractivity contribution in [3.05, 3.63) is 124 Å². The van der Waals surface area contributed by atoms with Gasteiger partial charge in [0.2, 0.25) is 11.8 Å². The molecule has 0 aromatic heterocycles. The van der Waals surface area contributed by atoms with Crippen LogP contribution in [-0.2, 0) is 32.6 Å². The predicted octanol–water partition coefficient (Wildman–Crippen LogP) is 6.86. The summed E-state index contributed by atoms with van der Waals surface area (Å²) >= 11 is 9.59. The van der Waals surface area contributed by atoms with Crippen LogP contribution in [0.15, 0.2) is 112 Å². The molecule has 0 radical (unpaired) electrons. The highest BCUT2D eigenvalue weighted by molar-refractivity contribution is 9.10. The summed E-state index contributed by atoms with van der Waals surface area (Å²) in [5, 5.41) is 3.45. The van der Waals surface area contributed by atoms with Crippen molar-refractivity contribution in [2.24, 2.45) is 0 Å². The van der Waals surface area contributed by atoms with Gasteiger partial charge in [-0.15, -0.1) is 0 Å². The molecule has 0 heterocycles. The fourth-order valence-electron chi connectivity index (χ4n) is 4.79. The zero-order valence-corrected chi connectivity index (χ0v) is 29.1. The lowest BCUT2D eigenvalue weighted by Crippen LogP contribution is -2.54. The van der Waals surface area contributed by atoms with E-state index in [2.05, 4.69) is 21.2 Å². The van der Waals surface area contributed by atoms with Gasteiger partial charge < -0.3 is 15.0 Å². The van der Waals surface area contributed by atoms with Crippen LogP contribution in [0.4, 0.5) is 5.69 Å². The Balaban J connectivity index is 1.80. The minimum absolute atomic E-state index is 0.0224. The molecule has 1 N–H and O–H groups in total. The maximum absolute atomic E-state index is 14.5. The van der Waals surface area contributed by atoms with Crippen LogP contribution in [0.1, 0.15) is 31.4 Å². The molecule has 0 aliphatic carbocycles. The highest BCUT2D eigenvalue weighted by Gasteiger charge is 2.35. The first kappa shape index (κ1) is 35.0. The molecule has 4 aromatic carbocycles. The second kappa shape index (κ2) is 16.1. The Bertz CT molecular complexity index is 1700. The first-order chi connectivity index (χ1) is 22.0. The minimum Gasteiger partial charge on any atom is -0.497 e. The summed E-state index contributed by atoms with van der Waals surface area (Å²) in [7, 11) is -2.75. The fraction of sp³-hybridized carbons (Fsp3) is 0.257. The number of ether oxygens (including phenoxy) is 1. The van der Waals surface area contributed by atoms with Crippen LogP contribution in [-0.4, -0.2) is 50.9 Å². The Morgan fingerprint density at radius 1 is 0.891 bits per heavy atom. The summed E-state index contributed by atoms with van der Waals surface area (Å²) in [5.74, 6) is -0.375. The number of amides is 2. The first-order valence-corrected chi connectivity index (χ1v) is 17.4. The summed E-state index contributed by atoms with van der Waals surface area (Å²) in [6.45, 7) is 3.39. The molecule has 11 heteroatoms. The number of nitrogens with zero attached hydrogens (tertiary/aromatic N) is 2. The lowest BCUT2D eigenvalue weighted by atomic mass is 10.0. The van der Waals surface area contributed by atoms with Crippen LogP contribution in [0, 0.1) is 0 Å². The van der Waals surface area contributed by atoms with E-state index >= 15 is 0 Å². The van der Waals surface area contributed by atoms with Gasteiger partial charge >= 0.3 is 0 Å². The number of hydrogen-bond acceptors (Lipinski definition) is 5. The number of carbonyl (C=O) groups excluding carboxylic acids is 2. The van der Waals surface area contributed by atoms with Crippen LogP contribution in [0.25, 0.3) is 0 Å². The van der Waals surface area contributed by atoms with Crippen molar-refractivity contribution < 1.29 is 22.7 Å². The van der Waals surface area contributed by atoms with Crippen LogP contribution in [0.3, 0.4) is 0 Å². The van der Waals surface area contributed by atoms with Crippen molar-refractivity contribution in [2.45, 2.75) is 50.2 Å². The van der Waals surface area contributed by atoms with E-state index in [0.29, 0.717) is 17.2 Å². The van der Waals surface area contributed by atoms with Crippen LogP contribution in [0.5, 0.6) is 5.75 Å². The van der Waals surface area contributed by atoms with E-state index in [0.717, 1.165) is 19.9 Å². The third kappa shape index (κ3) is 9.11. The Kier molecular flexibility index (Phi) is 12.3. The lowest BCUT2D eigenvalue weighted by molar-refractivity contribution is -0.140. The number of methoxy groups -OCH3 is 1. The molecular weight excluding hydrogens is 690 g/mol. The number of halogens is 2. The third-order valence-corrected chi connectivity index (χ3v) is 10.1. The van der Waals surface area contributed by atoms with Crippen molar-refractivity contribution >= 4 is 55.1 Å². The standard InChI is InChI=1S/C35H37BrClN3O5S/c1-4-25(2)38-35(42)33(22-26-8-6-5-7-9-26)39(23-27-10-12-28(36)13-11-27)34(41)24-40(30-16-14-29(37)15-17-30)46(43,44)32-20-18-31(45-3)19-21-32/h5-21,25,33H,4,22-24H2,1-3H3,(H,38,42). The van der Waals surface area contributed by atoms with E-state index in [9.17, 15) is 18.0 Å². The van der Waals surface area contributed by atoms with E-state index in [-0.39, 0.29) is 35.5 Å². The second-order valence-electron chi connectivity index (χ2n) is 10.8. The molecule has 4 aromatic rings. The molecule has 2 atom stereocenters. The highest BCUT2D eigenvalue weighted by atomic mass is 79.9. The van der Waals surface area contributed by atoms with Crippen molar-refractivity contribution in [1.82, 2.24) is 10.2 Å². The normalized spacial score (nSPS) is 12.5. The number of sulfonamides is 1. The van der Waals surface area contributed by atoms with Crippen molar-refractivity contribution in [3.63, 3.8) is 0 Å². The Morgan fingerprint density at radius 2 is 1.52 bits per heavy atom. The zero-order chi connectivity index (χ0) is 33.3. The van der Waals surface area contributed by atoms with Gasteiger partial charge in [-0.2, -0.15) is 0 Å². The molecule has 0 saturated heterocycles. The lowest BCUT2D eigenvalue weighted by Gasteiger charge is -2.34. The third-order valence-electron chi connectivity index (χ3n) is 7.58. The number of benzene rings is 4. The quantitative estimate of drug-likeness (QED) is 0.153. The molecular formula is C35H37BrClN3O5S. The van der Waals surface area contributed by atoms with Gasteiger partial charge in [-0.3, -0.25) is 13.9 Å². The van der Waals surface area contributed by atoms with Gasteiger partial charge in [-0.1, -0.05) is 76.9 Å². The molecule has 0 saturated carbocycles. The monoisotopic (exact) mass is 725 g/mol. The van der Waals surface area contributed by atoms with Gasteiger partial charge in [-0.25, -0.2) is 8.42 Å². The van der Waals surface area contributed by atoms with E-state index < -0.39 is 28.5 Å². The number of carbonyl (C=O) groups is 2. The zero-order valence-electron chi connectivity index (χ0n) is 25.9. The molecule has 0 bridgehead atoms. The van der Waals surface area contributed by atoms with Crippen LogP contribution < -0.4 is 14.4 Å². The van der Waals surface area contributed by atoms with Gasteiger partial charge in [0.15, 0.2) is 0 Å². The van der Waals surface area contributed by atoms with E-state index in [1.807, 2.05) is 68.4 Å². The molecule has 0 aliphatic rings. The summed E-state index contributed by atoms with van der Waals surface area (Å²) in [6, 6.07) is 28.0. The molecule has 2 amide bonds. The SMILES string of the molecule is CCC(C)NC(=O)C(Cc1ccccc1)N(Cc1ccc(Br)cc1)C(=O)CN(c1ccc(Cl)cc1)S(=O)(=O)c1ccc(OC)cc1. The summed E-state index contributed by atoms with van der Waals surface area (Å²) in [5.41, 5.74) is 1.89. The maximum atomic E-state index is 14.5. The second-order valence-corrected chi connectivity index (χ2v) is 14.0. The largest absolute Gasteiger partial charge is 0.497 e. The molecule has 242 valence electrons. The van der Waals surface area contributed by atoms with Crippen LogP contribution >= 0.6 is 27.5 Å². The number of anilines is 1. The maximum Gasteiger partial charge on any atom is 0.264 e. The topological polar surface area (TPSA) is 96.0 Å². The minimum atomic E-state index is -4.25. The van der Waals surface area contributed by atoms with E-state index in [4.69, 9.17) is 16.3 Å². The predicted molar refractivity (Wildman–Crippen MR) is 185 cm³/mol. The molecule has 46 heavy (non-hydrogen) atoms. The van der Waals surface area contributed by atoms with Crippen molar-refractivity contribution in [2.75, 3.05) is 18.0 Å². The Morgan fingerprint density at radius 3 is 2.11 bits per heavy atom. The number of nitrogens with one attached hydrogen (secondary N) is 1. The van der Waals surface area contributed by atoms with E-state index in [1.54, 1.807) is 36.4 Å². The van der Waals surface area contributed by atoms with Crippen molar-refractivity contribution in [3.8, 4) is 5.75 Å². The molecule has 8 nitrogen and oxygen atoms in total. The highest BCUT2D eigenvalue weighted by Crippen LogP contribution is 2.27. The number of rotatable bonds is 14. The summed E-state index contributed by atoms with van der Waals surface area (Å²) in [6.07, 6.45) is 0.937. The number of hydrogen-bond donors (Lipinski definition) is 1. The molecule has 0 fully saturated rings. The average Bonchev–Trinajstić information content (AvgIpc) is 3.06. The average molecular weight is 727 g/mol. The first-order valence-electron chi connectivity index (χ1n) is 14.8. The van der Waals surface area contributed by atoms with Gasteiger partial charge in [0.25, 0.3) is 10.0 Å². The van der Waals surface area contributed by atoms with E-state index in [1.165, 1.54) is 24.1 Å². The van der Waals surface area contributed by atoms with Gasteiger partial charge in [0, 0.05) is 28.5 Å². The molecule has 4 rings (SSSR count). The summed E-state index contributed by atoms with van der Waals surface area (Å²) in [4.78, 5) is 29.9. The van der Waals surface area contributed by atoms with Crippen LogP contribution in [0.2, 0.25) is 5.02 Å².